The van der Waals surface area contributed by atoms with Crippen molar-refractivity contribution in [1.29, 1.82) is 0 Å². The van der Waals surface area contributed by atoms with Gasteiger partial charge in [0, 0.05) is 12.4 Å². The highest BCUT2D eigenvalue weighted by atomic mass is 16.3. The summed E-state index contributed by atoms with van der Waals surface area (Å²) in [6.45, 7) is 3.83. The standard InChI is InChI=1S/C12H20N2O/c1-2-12(15)6-9-13-8-5-11-4-3-7-14-10-11/h3-4,7,10,12-13,15H,2,5-6,8-9H2,1H3. The Kier molecular flexibility index (Phi) is 5.97. The van der Waals surface area contributed by atoms with E-state index in [0.29, 0.717) is 0 Å². The van der Waals surface area contributed by atoms with Crippen LogP contribution in [-0.2, 0) is 6.42 Å². The Morgan fingerprint density at radius 3 is 3.00 bits per heavy atom. The third kappa shape index (κ3) is 5.50. The van der Waals surface area contributed by atoms with E-state index in [9.17, 15) is 5.11 Å². The molecule has 1 heterocycles. The summed E-state index contributed by atoms with van der Waals surface area (Å²) in [5, 5.41) is 12.6. The number of pyridine rings is 1. The molecule has 0 aliphatic carbocycles. The number of aliphatic hydroxyl groups is 1. The van der Waals surface area contributed by atoms with E-state index in [2.05, 4.69) is 16.4 Å². The fourth-order valence-corrected chi connectivity index (χ4v) is 1.38. The Hall–Kier alpha value is -0.930. The van der Waals surface area contributed by atoms with Crippen molar-refractivity contribution in [2.45, 2.75) is 32.3 Å². The molecule has 3 nitrogen and oxygen atoms in total. The van der Waals surface area contributed by atoms with Crippen LogP contribution in [0.5, 0.6) is 0 Å². The number of aromatic nitrogens is 1. The maximum absolute atomic E-state index is 9.32. The lowest BCUT2D eigenvalue weighted by molar-refractivity contribution is 0.160. The first-order valence-corrected chi connectivity index (χ1v) is 5.60. The lowest BCUT2D eigenvalue weighted by Crippen LogP contribution is -2.22. The van der Waals surface area contributed by atoms with Gasteiger partial charge in [0.1, 0.15) is 0 Å². The molecule has 0 aliphatic rings. The summed E-state index contributed by atoms with van der Waals surface area (Å²) in [5.41, 5.74) is 1.25. The fraction of sp³-hybridized carbons (Fsp3) is 0.583. The van der Waals surface area contributed by atoms with Gasteiger partial charge in [0.2, 0.25) is 0 Å². The minimum Gasteiger partial charge on any atom is -0.393 e. The second-order valence-electron chi connectivity index (χ2n) is 3.71. The number of rotatable bonds is 7. The van der Waals surface area contributed by atoms with Gasteiger partial charge in [-0.25, -0.2) is 0 Å². The van der Waals surface area contributed by atoms with Gasteiger partial charge in [-0.05, 0) is 44.0 Å². The average Bonchev–Trinajstić information content (AvgIpc) is 2.29. The van der Waals surface area contributed by atoms with Gasteiger partial charge < -0.3 is 10.4 Å². The van der Waals surface area contributed by atoms with Gasteiger partial charge in [-0.2, -0.15) is 0 Å². The summed E-state index contributed by atoms with van der Waals surface area (Å²) >= 11 is 0. The summed E-state index contributed by atoms with van der Waals surface area (Å²) in [6.07, 6.45) is 6.19. The first-order valence-electron chi connectivity index (χ1n) is 5.60. The molecule has 1 atom stereocenters. The Labute approximate surface area is 91.5 Å². The minimum atomic E-state index is -0.157. The Balaban J connectivity index is 2.03. The van der Waals surface area contributed by atoms with Gasteiger partial charge >= 0.3 is 0 Å². The van der Waals surface area contributed by atoms with E-state index in [4.69, 9.17) is 0 Å². The molecule has 0 radical (unpaired) electrons. The predicted molar refractivity (Wildman–Crippen MR) is 61.7 cm³/mol. The first kappa shape index (κ1) is 12.1. The smallest absolute Gasteiger partial charge is 0.0549 e. The van der Waals surface area contributed by atoms with Crippen LogP contribution in [0.2, 0.25) is 0 Å². The van der Waals surface area contributed by atoms with Crippen molar-refractivity contribution in [2.75, 3.05) is 13.1 Å². The van der Waals surface area contributed by atoms with Crippen molar-refractivity contribution in [1.82, 2.24) is 10.3 Å². The molecule has 1 aromatic heterocycles. The summed E-state index contributed by atoms with van der Waals surface area (Å²) in [6, 6.07) is 4.03. The quantitative estimate of drug-likeness (QED) is 0.665. The topological polar surface area (TPSA) is 45.1 Å². The Morgan fingerprint density at radius 1 is 1.47 bits per heavy atom. The van der Waals surface area contributed by atoms with E-state index in [0.717, 1.165) is 32.4 Å². The zero-order valence-corrected chi connectivity index (χ0v) is 9.32. The SMILES string of the molecule is CCC(O)CCNCCc1cccnc1. The van der Waals surface area contributed by atoms with Gasteiger partial charge in [0.05, 0.1) is 6.10 Å². The van der Waals surface area contributed by atoms with Crippen LogP contribution in [0.4, 0.5) is 0 Å². The molecule has 1 unspecified atom stereocenters. The van der Waals surface area contributed by atoms with E-state index in [-0.39, 0.29) is 6.10 Å². The molecule has 1 aromatic rings. The van der Waals surface area contributed by atoms with Crippen LogP contribution in [0.15, 0.2) is 24.5 Å². The fourth-order valence-electron chi connectivity index (χ4n) is 1.38. The van der Waals surface area contributed by atoms with Crippen LogP contribution in [0.1, 0.15) is 25.3 Å². The minimum absolute atomic E-state index is 0.157. The molecular formula is C12H20N2O. The molecular weight excluding hydrogens is 188 g/mol. The van der Waals surface area contributed by atoms with Gasteiger partial charge in [0.15, 0.2) is 0 Å². The molecule has 0 saturated heterocycles. The average molecular weight is 208 g/mol. The molecule has 0 bridgehead atoms. The van der Waals surface area contributed by atoms with E-state index < -0.39 is 0 Å². The zero-order valence-electron chi connectivity index (χ0n) is 9.32. The lowest BCUT2D eigenvalue weighted by atomic mass is 10.2. The Bertz CT molecular complexity index is 251. The highest BCUT2D eigenvalue weighted by molar-refractivity contribution is 5.08. The highest BCUT2D eigenvalue weighted by Crippen LogP contribution is 1.96. The molecule has 2 N–H and O–H groups in total. The summed E-state index contributed by atoms with van der Waals surface area (Å²) in [7, 11) is 0. The van der Waals surface area contributed by atoms with Crippen LogP contribution in [0.25, 0.3) is 0 Å². The largest absolute Gasteiger partial charge is 0.393 e. The predicted octanol–water partition coefficient (Wildman–Crippen LogP) is 1.37. The molecule has 0 amide bonds. The number of nitrogens with zero attached hydrogens (tertiary/aromatic N) is 1. The van der Waals surface area contributed by atoms with Gasteiger partial charge in [-0.1, -0.05) is 13.0 Å². The maximum Gasteiger partial charge on any atom is 0.0549 e. The third-order valence-electron chi connectivity index (χ3n) is 2.44. The van der Waals surface area contributed by atoms with Crippen molar-refractivity contribution < 1.29 is 5.11 Å². The van der Waals surface area contributed by atoms with Crippen LogP contribution in [-0.4, -0.2) is 29.3 Å². The monoisotopic (exact) mass is 208 g/mol. The molecule has 0 saturated carbocycles. The molecule has 84 valence electrons. The normalized spacial score (nSPS) is 12.7. The molecule has 0 spiro atoms. The molecule has 0 aliphatic heterocycles. The molecule has 3 heteroatoms. The Morgan fingerprint density at radius 2 is 2.33 bits per heavy atom. The molecule has 1 rings (SSSR count). The van der Waals surface area contributed by atoms with Gasteiger partial charge in [-0.15, -0.1) is 0 Å². The van der Waals surface area contributed by atoms with Crippen LogP contribution in [0, 0.1) is 0 Å². The second kappa shape index (κ2) is 7.37. The van der Waals surface area contributed by atoms with Crippen LogP contribution < -0.4 is 5.32 Å². The molecule has 0 fully saturated rings. The van der Waals surface area contributed by atoms with Crippen LogP contribution in [0.3, 0.4) is 0 Å². The number of aliphatic hydroxyl groups excluding tert-OH is 1. The van der Waals surface area contributed by atoms with E-state index in [1.165, 1.54) is 5.56 Å². The van der Waals surface area contributed by atoms with Gasteiger partial charge in [-0.3, -0.25) is 4.98 Å². The van der Waals surface area contributed by atoms with E-state index in [1.54, 1.807) is 6.20 Å². The van der Waals surface area contributed by atoms with Crippen molar-refractivity contribution in [3.8, 4) is 0 Å². The van der Waals surface area contributed by atoms with Crippen molar-refractivity contribution in [3.63, 3.8) is 0 Å². The number of hydrogen-bond donors (Lipinski definition) is 2. The lowest BCUT2D eigenvalue weighted by Gasteiger charge is -2.08. The number of nitrogens with one attached hydrogen (secondary N) is 1. The second-order valence-corrected chi connectivity index (χ2v) is 3.71. The van der Waals surface area contributed by atoms with Crippen molar-refractivity contribution in [2.24, 2.45) is 0 Å². The zero-order chi connectivity index (χ0) is 10.9. The maximum atomic E-state index is 9.32. The highest BCUT2D eigenvalue weighted by Gasteiger charge is 1.99. The summed E-state index contributed by atoms with van der Waals surface area (Å²) in [5.74, 6) is 0. The van der Waals surface area contributed by atoms with Crippen molar-refractivity contribution in [3.05, 3.63) is 30.1 Å². The summed E-state index contributed by atoms with van der Waals surface area (Å²) < 4.78 is 0. The van der Waals surface area contributed by atoms with E-state index >= 15 is 0 Å². The summed E-state index contributed by atoms with van der Waals surface area (Å²) in [4.78, 5) is 4.06. The van der Waals surface area contributed by atoms with E-state index in [1.807, 2.05) is 19.2 Å². The molecule has 15 heavy (non-hydrogen) atoms. The van der Waals surface area contributed by atoms with Gasteiger partial charge in [0.25, 0.3) is 0 Å². The number of hydrogen-bond acceptors (Lipinski definition) is 3. The van der Waals surface area contributed by atoms with Crippen molar-refractivity contribution >= 4 is 0 Å². The molecule has 0 aromatic carbocycles. The first-order chi connectivity index (χ1) is 7.33. The third-order valence-corrected chi connectivity index (χ3v) is 2.44. The van der Waals surface area contributed by atoms with Crippen LogP contribution >= 0.6 is 0 Å².